The summed E-state index contributed by atoms with van der Waals surface area (Å²) in [5.74, 6) is -1.38. The summed E-state index contributed by atoms with van der Waals surface area (Å²) in [6.07, 6.45) is 1.71. The van der Waals surface area contributed by atoms with Crippen LogP contribution >= 0.6 is 11.6 Å². The van der Waals surface area contributed by atoms with Crippen molar-refractivity contribution < 1.29 is 22.8 Å². The quantitative estimate of drug-likeness (QED) is 0.190. The van der Waals surface area contributed by atoms with Crippen molar-refractivity contribution in [3.8, 4) is 0 Å². The van der Waals surface area contributed by atoms with Gasteiger partial charge in [-0.3, -0.25) is 14.4 Å². The van der Waals surface area contributed by atoms with E-state index in [1.165, 1.54) is 4.90 Å². The number of hydrogen-bond acceptors (Lipinski definition) is 7. The number of rotatable bonds is 17. The Bertz CT molecular complexity index is 1390. The van der Waals surface area contributed by atoms with Crippen LogP contribution in [-0.4, -0.2) is 80.7 Å². The van der Waals surface area contributed by atoms with Crippen LogP contribution in [0.25, 0.3) is 0 Å². The molecule has 1 saturated heterocycles. The van der Waals surface area contributed by atoms with E-state index >= 15 is 0 Å². The van der Waals surface area contributed by atoms with Crippen LogP contribution in [0.5, 0.6) is 0 Å². The third kappa shape index (κ3) is 11.1. The van der Waals surface area contributed by atoms with E-state index in [1.807, 2.05) is 19.9 Å². The largest absolute Gasteiger partial charge is 0.350 e. The molecule has 1 unspecified atom stereocenters. The molecule has 2 aromatic carbocycles. The lowest BCUT2D eigenvalue weighted by molar-refractivity contribution is -0.140. The summed E-state index contributed by atoms with van der Waals surface area (Å²) in [7, 11) is -2.24. The zero-order valence-corrected chi connectivity index (χ0v) is 28.0. The average molecular weight is 663 g/mol. The molecule has 11 nitrogen and oxygen atoms in total. The maximum Gasteiger partial charge on any atom is 0.243 e. The maximum absolute atomic E-state index is 14.0. The number of benzene rings is 2. The third-order valence-electron chi connectivity index (χ3n) is 8.19. The van der Waals surface area contributed by atoms with Crippen molar-refractivity contribution >= 4 is 39.3 Å². The number of nitrogens with one attached hydrogen (secondary N) is 3. The molecule has 0 bridgehead atoms. The number of nitrogens with zero attached hydrogens (tertiary/aromatic N) is 2. The van der Waals surface area contributed by atoms with Crippen LogP contribution < -0.4 is 21.1 Å². The van der Waals surface area contributed by atoms with Gasteiger partial charge in [0.15, 0.2) is 0 Å². The highest BCUT2D eigenvalue weighted by atomic mass is 35.5. The maximum atomic E-state index is 14.0. The van der Waals surface area contributed by atoms with Gasteiger partial charge < -0.3 is 26.2 Å². The highest BCUT2D eigenvalue weighted by Crippen LogP contribution is 2.22. The monoisotopic (exact) mass is 662 g/mol. The number of likely N-dealkylation sites (tertiary alicyclic amines) is 1. The molecule has 3 amide bonds. The predicted octanol–water partition coefficient (Wildman–Crippen LogP) is 2.52. The molecule has 0 radical (unpaired) electrons. The predicted molar refractivity (Wildman–Crippen MR) is 177 cm³/mol. The Balaban J connectivity index is 1.74. The van der Waals surface area contributed by atoms with Crippen LogP contribution in [0.4, 0.5) is 0 Å². The number of hydrogen-bond donors (Lipinski definition) is 4. The van der Waals surface area contributed by atoms with E-state index in [1.54, 1.807) is 54.4 Å². The van der Waals surface area contributed by atoms with Crippen LogP contribution in [0.15, 0.2) is 48.5 Å². The van der Waals surface area contributed by atoms with Gasteiger partial charge in [-0.2, -0.15) is 0 Å². The van der Waals surface area contributed by atoms with Gasteiger partial charge in [0.05, 0.1) is 5.75 Å². The van der Waals surface area contributed by atoms with Crippen LogP contribution in [0.2, 0.25) is 5.02 Å². The lowest BCUT2D eigenvalue weighted by Gasteiger charge is -2.30. The standard InChI is InChI=1S/C32H47ClN6O5S/c1-4-35-17-16-23(2)38(3)30(40)15-14-28(37-45(43,44)22-24-9-6-5-7-10-24)32(42)39-18-8-11-29(39)31(41)36-21-26-19-27(33)13-12-25(26)20-34/h5-7,9-10,12-13,19,23,28-29,35,37H,4,8,11,14-18,20-22,34H2,1-3H3,(H,36,41)/t23?,28-,29+/m1/s1. The Morgan fingerprint density at radius 2 is 1.84 bits per heavy atom. The topological polar surface area (TPSA) is 154 Å². The van der Waals surface area contributed by atoms with E-state index in [9.17, 15) is 22.8 Å². The first-order chi connectivity index (χ1) is 21.5. The van der Waals surface area contributed by atoms with Crippen LogP contribution in [0.1, 0.15) is 62.6 Å². The summed E-state index contributed by atoms with van der Waals surface area (Å²) < 4.78 is 29.0. The lowest BCUT2D eigenvalue weighted by Crippen LogP contribution is -2.53. The summed E-state index contributed by atoms with van der Waals surface area (Å²) in [4.78, 5) is 43.5. The Morgan fingerprint density at radius 1 is 1.11 bits per heavy atom. The molecular weight excluding hydrogens is 616 g/mol. The second kappa shape index (κ2) is 17.6. The van der Waals surface area contributed by atoms with Crippen molar-refractivity contribution in [2.45, 2.75) is 82.9 Å². The molecule has 0 spiro atoms. The number of nitrogens with two attached hydrogens (primary N) is 1. The van der Waals surface area contributed by atoms with Crippen molar-refractivity contribution in [1.82, 2.24) is 25.2 Å². The van der Waals surface area contributed by atoms with Crippen LogP contribution in [0.3, 0.4) is 0 Å². The van der Waals surface area contributed by atoms with Crippen molar-refractivity contribution in [3.63, 3.8) is 0 Å². The number of carbonyl (C=O) groups excluding carboxylic acids is 3. The Morgan fingerprint density at radius 3 is 2.53 bits per heavy atom. The summed E-state index contributed by atoms with van der Waals surface area (Å²) >= 11 is 6.14. The van der Waals surface area contributed by atoms with Gasteiger partial charge >= 0.3 is 0 Å². The molecule has 0 aliphatic carbocycles. The van der Waals surface area contributed by atoms with Gasteiger partial charge in [-0.25, -0.2) is 13.1 Å². The van der Waals surface area contributed by atoms with Crippen molar-refractivity contribution in [1.29, 1.82) is 0 Å². The first kappa shape index (κ1) is 36.4. The SMILES string of the molecule is CCNCCC(C)N(C)C(=O)CC[C@@H](NS(=O)(=O)Cc1ccccc1)C(=O)N1CCC[C@H]1C(=O)NCc1cc(Cl)ccc1CN. The highest BCUT2D eigenvalue weighted by Gasteiger charge is 2.38. The van der Waals surface area contributed by atoms with E-state index in [-0.39, 0.29) is 49.5 Å². The Labute approximate surface area is 272 Å². The molecule has 0 saturated carbocycles. The third-order valence-corrected chi connectivity index (χ3v) is 9.78. The van der Waals surface area contributed by atoms with Crippen LogP contribution in [-0.2, 0) is 43.2 Å². The van der Waals surface area contributed by atoms with Crippen molar-refractivity contribution in [2.75, 3.05) is 26.7 Å². The average Bonchev–Trinajstić information content (AvgIpc) is 3.51. The Kier molecular flexibility index (Phi) is 14.3. The van der Waals surface area contributed by atoms with Gasteiger partial charge in [-0.05, 0) is 74.5 Å². The van der Waals surface area contributed by atoms with E-state index in [0.717, 1.165) is 30.6 Å². The number of sulfonamides is 1. The molecule has 2 aromatic rings. The zero-order chi connectivity index (χ0) is 33.0. The molecule has 3 rings (SSSR count). The summed E-state index contributed by atoms with van der Waals surface area (Å²) in [6.45, 7) is 6.33. The minimum Gasteiger partial charge on any atom is -0.350 e. The first-order valence-corrected chi connectivity index (χ1v) is 17.5. The Hall–Kier alpha value is -3.03. The van der Waals surface area contributed by atoms with Gasteiger partial charge in [-0.15, -0.1) is 0 Å². The second-order valence-corrected chi connectivity index (χ2v) is 13.7. The molecule has 248 valence electrons. The van der Waals surface area contributed by atoms with E-state index in [4.69, 9.17) is 17.3 Å². The molecule has 3 atom stereocenters. The second-order valence-electron chi connectivity index (χ2n) is 11.5. The fraction of sp³-hybridized carbons (Fsp3) is 0.531. The zero-order valence-electron chi connectivity index (χ0n) is 26.4. The lowest BCUT2D eigenvalue weighted by atomic mass is 10.1. The van der Waals surface area contributed by atoms with Crippen LogP contribution in [0, 0.1) is 0 Å². The van der Waals surface area contributed by atoms with Crippen molar-refractivity contribution in [3.05, 3.63) is 70.2 Å². The van der Waals surface area contributed by atoms with E-state index in [0.29, 0.717) is 30.0 Å². The fourth-order valence-corrected chi connectivity index (χ4v) is 6.98. The first-order valence-electron chi connectivity index (χ1n) is 15.5. The van der Waals surface area contributed by atoms with Gasteiger partial charge in [0.1, 0.15) is 12.1 Å². The molecule has 1 aliphatic rings. The summed E-state index contributed by atoms with van der Waals surface area (Å²) in [5.41, 5.74) is 8.03. The normalized spacial score (nSPS) is 16.3. The summed E-state index contributed by atoms with van der Waals surface area (Å²) in [6, 6.07) is 11.9. The minimum absolute atomic E-state index is 0.0341. The molecule has 1 heterocycles. The highest BCUT2D eigenvalue weighted by molar-refractivity contribution is 7.88. The van der Waals surface area contributed by atoms with Crippen molar-refractivity contribution in [2.24, 2.45) is 5.73 Å². The molecule has 1 aliphatic heterocycles. The smallest absolute Gasteiger partial charge is 0.243 e. The molecular formula is C32H47ClN6O5S. The molecule has 45 heavy (non-hydrogen) atoms. The molecule has 1 fully saturated rings. The fourth-order valence-electron chi connectivity index (χ4n) is 5.42. The molecule has 5 N–H and O–H groups in total. The van der Waals surface area contributed by atoms with E-state index in [2.05, 4.69) is 15.4 Å². The van der Waals surface area contributed by atoms with Gasteiger partial charge in [0.2, 0.25) is 27.7 Å². The number of halogens is 1. The van der Waals surface area contributed by atoms with Gasteiger partial charge in [-0.1, -0.05) is 54.9 Å². The number of amides is 3. The summed E-state index contributed by atoms with van der Waals surface area (Å²) in [5, 5.41) is 6.66. The number of carbonyl (C=O) groups is 3. The minimum atomic E-state index is -3.96. The molecule has 0 aromatic heterocycles. The van der Waals surface area contributed by atoms with Gasteiger partial charge in [0.25, 0.3) is 0 Å². The van der Waals surface area contributed by atoms with Gasteiger partial charge in [0, 0.05) is 44.2 Å². The molecule has 13 heteroatoms. The van der Waals surface area contributed by atoms with E-state index < -0.39 is 28.0 Å².